The Morgan fingerprint density at radius 2 is 2.07 bits per heavy atom. The lowest BCUT2D eigenvalue weighted by atomic mass is 10.1. The zero-order chi connectivity index (χ0) is 18.6. The fourth-order valence-electron chi connectivity index (χ4n) is 3.40. The zero-order valence-corrected chi connectivity index (χ0v) is 17.9. The number of nitrogens with zero attached hydrogens (tertiary/aromatic N) is 2. The average Bonchev–Trinajstić information content (AvgIpc) is 3.33. The topological polar surface area (TPSA) is 67.7 Å². The lowest BCUT2D eigenvalue weighted by Gasteiger charge is -2.14. The molecule has 29 heavy (non-hydrogen) atoms. The van der Waals surface area contributed by atoms with Crippen molar-refractivity contribution in [2.75, 3.05) is 13.1 Å². The maximum Gasteiger partial charge on any atom is 0.255 e. The van der Waals surface area contributed by atoms with Gasteiger partial charge in [-0.1, -0.05) is 18.2 Å². The van der Waals surface area contributed by atoms with Gasteiger partial charge in [-0.05, 0) is 50.1 Å². The van der Waals surface area contributed by atoms with Crippen molar-refractivity contribution >= 4 is 36.4 Å². The quantitative estimate of drug-likeness (QED) is 0.619. The number of aromatic nitrogens is 2. The van der Waals surface area contributed by atoms with Gasteiger partial charge in [0.15, 0.2) is 0 Å². The van der Waals surface area contributed by atoms with Crippen LogP contribution in [0.1, 0.15) is 34.5 Å². The predicted molar refractivity (Wildman–Crippen MR) is 119 cm³/mol. The molecule has 156 valence electrons. The minimum atomic E-state index is -0.107. The number of pyridine rings is 1. The SMILES string of the molecule is Cc1ccc2nc(COc3ccccc3C(=O)NCC3CCCN3)cn2c1.Cl.Cl. The van der Waals surface area contributed by atoms with Gasteiger partial charge in [-0.2, -0.15) is 0 Å². The summed E-state index contributed by atoms with van der Waals surface area (Å²) in [6.07, 6.45) is 6.26. The molecule has 1 saturated heterocycles. The Labute approximate surface area is 182 Å². The van der Waals surface area contributed by atoms with Gasteiger partial charge in [0.25, 0.3) is 5.91 Å². The van der Waals surface area contributed by atoms with Crippen molar-refractivity contribution < 1.29 is 9.53 Å². The lowest BCUT2D eigenvalue weighted by molar-refractivity contribution is 0.0945. The van der Waals surface area contributed by atoms with E-state index in [1.165, 1.54) is 12.0 Å². The third kappa shape index (κ3) is 5.63. The first kappa shape index (κ1) is 23.0. The van der Waals surface area contributed by atoms with Crippen LogP contribution in [0.3, 0.4) is 0 Å². The second kappa shape index (κ2) is 10.5. The van der Waals surface area contributed by atoms with Crippen molar-refractivity contribution in [3.63, 3.8) is 0 Å². The normalized spacial score (nSPS) is 15.4. The largest absolute Gasteiger partial charge is 0.486 e. The molecule has 1 aromatic carbocycles. The van der Waals surface area contributed by atoms with E-state index in [1.807, 2.05) is 54.0 Å². The Morgan fingerprint density at radius 1 is 1.24 bits per heavy atom. The van der Waals surface area contributed by atoms with Gasteiger partial charge in [0, 0.05) is 25.0 Å². The first-order valence-corrected chi connectivity index (χ1v) is 9.37. The molecule has 0 saturated carbocycles. The third-order valence-corrected chi connectivity index (χ3v) is 4.83. The summed E-state index contributed by atoms with van der Waals surface area (Å²) < 4.78 is 7.91. The lowest BCUT2D eigenvalue weighted by Crippen LogP contribution is -2.37. The van der Waals surface area contributed by atoms with Crippen LogP contribution in [-0.2, 0) is 6.61 Å². The van der Waals surface area contributed by atoms with Gasteiger partial charge in [-0.25, -0.2) is 4.98 Å². The third-order valence-electron chi connectivity index (χ3n) is 4.83. The summed E-state index contributed by atoms with van der Waals surface area (Å²) >= 11 is 0. The Hall–Kier alpha value is -2.28. The van der Waals surface area contributed by atoms with Gasteiger partial charge < -0.3 is 19.8 Å². The summed E-state index contributed by atoms with van der Waals surface area (Å²) in [6, 6.07) is 11.7. The number of hydrogen-bond donors (Lipinski definition) is 2. The van der Waals surface area contributed by atoms with Crippen molar-refractivity contribution in [3.8, 4) is 5.75 Å². The fraction of sp³-hybridized carbons (Fsp3) is 0.333. The van der Waals surface area contributed by atoms with E-state index in [9.17, 15) is 4.79 Å². The molecule has 1 aliphatic heterocycles. The van der Waals surface area contributed by atoms with E-state index in [0.717, 1.165) is 24.3 Å². The molecule has 1 aliphatic rings. The molecule has 0 spiro atoms. The van der Waals surface area contributed by atoms with Crippen LogP contribution in [0.5, 0.6) is 5.75 Å². The number of halogens is 2. The molecule has 6 nitrogen and oxygen atoms in total. The molecule has 3 heterocycles. The van der Waals surface area contributed by atoms with Gasteiger partial charge in [-0.15, -0.1) is 24.8 Å². The van der Waals surface area contributed by atoms with Gasteiger partial charge >= 0.3 is 0 Å². The smallest absolute Gasteiger partial charge is 0.255 e. The van der Waals surface area contributed by atoms with Crippen LogP contribution < -0.4 is 15.4 Å². The van der Waals surface area contributed by atoms with Crippen molar-refractivity contribution in [2.45, 2.75) is 32.4 Å². The number of hydrogen-bond acceptors (Lipinski definition) is 4. The summed E-state index contributed by atoms with van der Waals surface area (Å²) in [7, 11) is 0. The maximum atomic E-state index is 12.6. The van der Waals surface area contributed by atoms with Gasteiger partial charge in [0.2, 0.25) is 0 Å². The molecule has 0 bridgehead atoms. The second-order valence-electron chi connectivity index (χ2n) is 6.99. The highest BCUT2D eigenvalue weighted by molar-refractivity contribution is 5.96. The molecule has 3 aromatic rings. The Morgan fingerprint density at radius 3 is 2.86 bits per heavy atom. The standard InChI is InChI=1S/C21H24N4O2.2ClH/c1-15-8-9-20-24-17(13-25(20)12-15)14-27-19-7-3-2-6-18(19)21(26)23-11-16-5-4-10-22-16;;/h2-3,6-9,12-13,16,22H,4-5,10-11,14H2,1H3,(H,23,26);2*1H. The summed E-state index contributed by atoms with van der Waals surface area (Å²) in [4.78, 5) is 17.1. The van der Waals surface area contributed by atoms with Crippen LogP contribution in [0, 0.1) is 6.92 Å². The number of nitrogens with one attached hydrogen (secondary N) is 2. The van der Waals surface area contributed by atoms with Crippen LogP contribution in [0.2, 0.25) is 0 Å². The van der Waals surface area contributed by atoms with Gasteiger partial charge in [0.05, 0.1) is 11.3 Å². The van der Waals surface area contributed by atoms with Crippen molar-refractivity contribution in [1.29, 1.82) is 0 Å². The molecule has 2 aromatic heterocycles. The van der Waals surface area contributed by atoms with Crippen LogP contribution in [0.15, 0.2) is 48.8 Å². The second-order valence-corrected chi connectivity index (χ2v) is 6.99. The maximum absolute atomic E-state index is 12.6. The van der Waals surface area contributed by atoms with E-state index in [2.05, 4.69) is 15.6 Å². The summed E-state index contributed by atoms with van der Waals surface area (Å²) in [6.45, 7) is 4.03. The van der Waals surface area contributed by atoms with E-state index in [1.54, 1.807) is 6.07 Å². The number of rotatable bonds is 6. The molecule has 8 heteroatoms. The zero-order valence-electron chi connectivity index (χ0n) is 16.3. The van der Waals surface area contributed by atoms with E-state index >= 15 is 0 Å². The van der Waals surface area contributed by atoms with Crippen LogP contribution in [0.25, 0.3) is 5.65 Å². The highest BCUT2D eigenvalue weighted by atomic mass is 35.5. The molecule has 0 aliphatic carbocycles. The molecule has 0 radical (unpaired) electrons. The number of para-hydroxylation sites is 1. The molecule has 1 fully saturated rings. The van der Waals surface area contributed by atoms with E-state index in [4.69, 9.17) is 4.74 Å². The first-order chi connectivity index (χ1) is 13.2. The van der Waals surface area contributed by atoms with Crippen LogP contribution in [-0.4, -0.2) is 34.4 Å². The fourth-order valence-corrected chi connectivity index (χ4v) is 3.40. The van der Waals surface area contributed by atoms with Crippen molar-refractivity contribution in [1.82, 2.24) is 20.0 Å². The minimum Gasteiger partial charge on any atom is -0.486 e. The first-order valence-electron chi connectivity index (χ1n) is 9.37. The number of benzene rings is 1. The summed E-state index contributed by atoms with van der Waals surface area (Å²) in [5.41, 5.74) is 3.43. The average molecular weight is 437 g/mol. The van der Waals surface area contributed by atoms with Gasteiger partial charge in [0.1, 0.15) is 18.0 Å². The number of carbonyl (C=O) groups is 1. The molecule has 4 rings (SSSR count). The minimum absolute atomic E-state index is 0. The summed E-state index contributed by atoms with van der Waals surface area (Å²) in [5.74, 6) is 0.465. The Kier molecular flexibility index (Phi) is 8.32. The van der Waals surface area contributed by atoms with E-state index in [0.29, 0.717) is 30.5 Å². The van der Waals surface area contributed by atoms with E-state index in [-0.39, 0.29) is 30.7 Å². The summed E-state index contributed by atoms with van der Waals surface area (Å²) in [5, 5.41) is 6.39. The Balaban J connectivity index is 0.00000150. The molecule has 1 atom stereocenters. The monoisotopic (exact) mass is 436 g/mol. The molecular formula is C21H26Cl2N4O2. The van der Waals surface area contributed by atoms with Crippen LogP contribution in [0.4, 0.5) is 0 Å². The number of amides is 1. The highest BCUT2D eigenvalue weighted by Crippen LogP contribution is 2.20. The number of ether oxygens (including phenoxy) is 1. The van der Waals surface area contributed by atoms with Crippen molar-refractivity contribution in [2.24, 2.45) is 0 Å². The number of imidazole rings is 1. The number of carbonyl (C=O) groups excluding carboxylic acids is 1. The molecule has 1 unspecified atom stereocenters. The van der Waals surface area contributed by atoms with Crippen molar-refractivity contribution in [3.05, 3.63) is 65.6 Å². The molecule has 2 N–H and O–H groups in total. The molecular weight excluding hydrogens is 411 g/mol. The number of aryl methyl sites for hydroxylation is 1. The van der Waals surface area contributed by atoms with Gasteiger partial charge in [-0.3, -0.25) is 4.79 Å². The Bertz CT molecular complexity index is 955. The number of fused-ring (bicyclic) bond motifs is 1. The molecule has 1 amide bonds. The highest BCUT2D eigenvalue weighted by Gasteiger charge is 2.17. The predicted octanol–water partition coefficient (Wildman–Crippen LogP) is 3.55. The van der Waals surface area contributed by atoms with Crippen LogP contribution >= 0.6 is 24.8 Å². The van der Waals surface area contributed by atoms with E-state index < -0.39 is 0 Å².